The van der Waals surface area contributed by atoms with Crippen molar-refractivity contribution in [2.24, 2.45) is 0 Å². The fourth-order valence-corrected chi connectivity index (χ4v) is 4.74. The molecular formula is C27H39N3O7S. The van der Waals surface area contributed by atoms with Crippen LogP contribution in [0.4, 0.5) is 5.69 Å². The molecule has 0 aliphatic rings. The number of nitrogens with zero attached hydrogens (tertiary/aromatic N) is 2. The number of methoxy groups -OCH3 is 3. The van der Waals surface area contributed by atoms with Crippen LogP contribution in [-0.2, 0) is 26.2 Å². The molecule has 2 rings (SSSR count). The molecule has 1 N–H and O–H groups in total. The Morgan fingerprint density at radius 3 is 2.03 bits per heavy atom. The summed E-state index contributed by atoms with van der Waals surface area (Å²) >= 11 is 0. The largest absolute Gasteiger partial charge is 0.497 e. The number of benzene rings is 2. The quantitative estimate of drug-likeness (QED) is 0.432. The maximum Gasteiger partial charge on any atom is 0.244 e. The first-order chi connectivity index (χ1) is 17.7. The van der Waals surface area contributed by atoms with Gasteiger partial charge in [0.2, 0.25) is 21.8 Å². The van der Waals surface area contributed by atoms with Gasteiger partial charge in [0.1, 0.15) is 18.3 Å². The van der Waals surface area contributed by atoms with Crippen LogP contribution in [0.15, 0.2) is 42.5 Å². The Labute approximate surface area is 225 Å². The van der Waals surface area contributed by atoms with Crippen LogP contribution >= 0.6 is 0 Å². The van der Waals surface area contributed by atoms with Crippen LogP contribution in [0.5, 0.6) is 17.2 Å². The molecule has 2 amide bonds. The summed E-state index contributed by atoms with van der Waals surface area (Å²) in [4.78, 5) is 28.5. The molecule has 0 unspecified atom stereocenters. The van der Waals surface area contributed by atoms with E-state index in [2.05, 4.69) is 5.32 Å². The molecule has 0 aliphatic carbocycles. The summed E-state index contributed by atoms with van der Waals surface area (Å²) in [6.45, 7) is 6.97. The zero-order chi connectivity index (χ0) is 28.7. The summed E-state index contributed by atoms with van der Waals surface area (Å²) < 4.78 is 42.4. The summed E-state index contributed by atoms with van der Waals surface area (Å²) in [6.07, 6.45) is 1.35. The van der Waals surface area contributed by atoms with Crippen molar-refractivity contribution in [1.82, 2.24) is 10.2 Å². The van der Waals surface area contributed by atoms with Crippen molar-refractivity contribution in [2.45, 2.75) is 52.2 Å². The second kappa shape index (κ2) is 12.9. The van der Waals surface area contributed by atoms with Crippen LogP contribution in [-0.4, -0.2) is 70.8 Å². The SMILES string of the molecule is CC[C@@H](C(=O)NC(C)(C)C)N(Cc1ccc(OC)cc1)C(=O)CN(c1ccc(OC)c(OC)c1)S(C)(=O)=O. The zero-order valence-corrected chi connectivity index (χ0v) is 24.2. The van der Waals surface area contributed by atoms with E-state index in [1.807, 2.05) is 27.7 Å². The molecule has 11 heteroatoms. The standard InChI is InChI=1S/C27H39N3O7S/c1-9-22(26(32)28-27(2,3)4)29(17-19-10-13-21(35-5)14-11-19)25(31)18-30(38(8,33)34)20-12-15-23(36-6)24(16-20)37-7/h10-16,22H,9,17-18H2,1-8H3,(H,28,32)/t22-/m0/s1. The Kier molecular flexibility index (Phi) is 10.4. The van der Waals surface area contributed by atoms with E-state index in [1.165, 1.54) is 31.3 Å². The number of hydrogen-bond donors (Lipinski definition) is 1. The second-order valence-electron chi connectivity index (χ2n) is 9.84. The minimum atomic E-state index is -3.88. The lowest BCUT2D eigenvalue weighted by molar-refractivity contribution is -0.141. The average molecular weight is 550 g/mol. The van der Waals surface area contributed by atoms with Crippen molar-refractivity contribution < 1.29 is 32.2 Å². The van der Waals surface area contributed by atoms with Gasteiger partial charge in [0.15, 0.2) is 11.5 Å². The number of rotatable bonds is 12. The third-order valence-electron chi connectivity index (χ3n) is 5.73. The lowest BCUT2D eigenvalue weighted by Crippen LogP contribution is -2.55. The topological polar surface area (TPSA) is 114 Å². The number of ether oxygens (including phenoxy) is 3. The fraction of sp³-hybridized carbons (Fsp3) is 0.481. The van der Waals surface area contributed by atoms with Crippen LogP contribution in [0.3, 0.4) is 0 Å². The summed E-state index contributed by atoms with van der Waals surface area (Å²) in [7, 11) is 0.587. The summed E-state index contributed by atoms with van der Waals surface area (Å²) in [5.41, 5.74) is 0.478. The Balaban J connectivity index is 2.50. The lowest BCUT2D eigenvalue weighted by atomic mass is 10.1. The average Bonchev–Trinajstić information content (AvgIpc) is 2.85. The first-order valence-corrected chi connectivity index (χ1v) is 14.0. The van der Waals surface area contributed by atoms with Crippen LogP contribution < -0.4 is 23.8 Å². The molecule has 1 atom stereocenters. The van der Waals surface area contributed by atoms with Gasteiger partial charge in [-0.15, -0.1) is 0 Å². The molecule has 2 aromatic carbocycles. The van der Waals surface area contributed by atoms with Gasteiger partial charge in [-0.2, -0.15) is 0 Å². The van der Waals surface area contributed by atoms with Crippen molar-refractivity contribution in [3.8, 4) is 17.2 Å². The molecule has 0 spiro atoms. The van der Waals surface area contributed by atoms with Gasteiger partial charge in [-0.1, -0.05) is 19.1 Å². The van der Waals surface area contributed by atoms with Crippen LogP contribution in [0.2, 0.25) is 0 Å². The molecule has 38 heavy (non-hydrogen) atoms. The Morgan fingerprint density at radius 1 is 0.947 bits per heavy atom. The number of carbonyl (C=O) groups is 2. The van der Waals surface area contributed by atoms with E-state index in [0.717, 1.165) is 16.1 Å². The summed E-state index contributed by atoms with van der Waals surface area (Å²) in [5.74, 6) is 0.538. The highest BCUT2D eigenvalue weighted by molar-refractivity contribution is 7.92. The van der Waals surface area contributed by atoms with Gasteiger partial charge in [0.05, 0.1) is 33.3 Å². The van der Waals surface area contributed by atoms with Crippen LogP contribution in [0.1, 0.15) is 39.7 Å². The molecule has 0 aliphatic heterocycles. The number of carbonyl (C=O) groups excluding carboxylic acids is 2. The van der Waals surface area contributed by atoms with Gasteiger partial charge in [0, 0.05) is 18.2 Å². The molecule has 210 valence electrons. The number of anilines is 1. The number of amides is 2. The Morgan fingerprint density at radius 2 is 1.55 bits per heavy atom. The first kappa shape index (κ1) is 30.8. The van der Waals surface area contributed by atoms with Crippen LogP contribution in [0.25, 0.3) is 0 Å². The first-order valence-electron chi connectivity index (χ1n) is 12.2. The molecule has 0 radical (unpaired) electrons. The molecule has 0 bridgehead atoms. The van der Waals surface area contributed by atoms with E-state index in [-0.39, 0.29) is 18.1 Å². The maximum absolute atomic E-state index is 13.8. The van der Waals surface area contributed by atoms with Gasteiger partial charge in [-0.3, -0.25) is 13.9 Å². The van der Waals surface area contributed by atoms with E-state index in [9.17, 15) is 18.0 Å². The molecule has 0 saturated heterocycles. The van der Waals surface area contributed by atoms with E-state index in [1.54, 1.807) is 37.4 Å². The van der Waals surface area contributed by atoms with E-state index in [4.69, 9.17) is 14.2 Å². The maximum atomic E-state index is 13.8. The molecule has 0 saturated carbocycles. The van der Waals surface area contributed by atoms with Gasteiger partial charge >= 0.3 is 0 Å². The molecule has 0 heterocycles. The minimum Gasteiger partial charge on any atom is -0.497 e. The van der Waals surface area contributed by atoms with Gasteiger partial charge < -0.3 is 24.4 Å². The highest BCUT2D eigenvalue weighted by Crippen LogP contribution is 2.32. The lowest BCUT2D eigenvalue weighted by Gasteiger charge is -2.34. The molecule has 0 aromatic heterocycles. The van der Waals surface area contributed by atoms with Crippen molar-refractivity contribution in [3.63, 3.8) is 0 Å². The van der Waals surface area contributed by atoms with E-state index < -0.39 is 34.1 Å². The summed E-state index contributed by atoms with van der Waals surface area (Å²) in [6, 6.07) is 10.9. The summed E-state index contributed by atoms with van der Waals surface area (Å²) in [5, 5.41) is 2.94. The second-order valence-corrected chi connectivity index (χ2v) is 11.7. The van der Waals surface area contributed by atoms with E-state index >= 15 is 0 Å². The van der Waals surface area contributed by atoms with Gasteiger partial charge in [0.25, 0.3) is 0 Å². The fourth-order valence-electron chi connectivity index (χ4n) is 3.89. The molecule has 0 fully saturated rings. The highest BCUT2D eigenvalue weighted by atomic mass is 32.2. The van der Waals surface area contributed by atoms with Gasteiger partial charge in [-0.25, -0.2) is 8.42 Å². The minimum absolute atomic E-state index is 0.0996. The van der Waals surface area contributed by atoms with Crippen molar-refractivity contribution in [2.75, 3.05) is 38.4 Å². The number of sulfonamides is 1. The number of hydrogen-bond acceptors (Lipinski definition) is 7. The van der Waals surface area contributed by atoms with Crippen molar-refractivity contribution in [3.05, 3.63) is 48.0 Å². The monoisotopic (exact) mass is 549 g/mol. The molecular weight excluding hydrogens is 510 g/mol. The van der Waals surface area contributed by atoms with Crippen molar-refractivity contribution in [1.29, 1.82) is 0 Å². The van der Waals surface area contributed by atoms with Crippen molar-refractivity contribution >= 4 is 27.5 Å². The third-order valence-corrected chi connectivity index (χ3v) is 6.87. The zero-order valence-electron chi connectivity index (χ0n) is 23.4. The smallest absolute Gasteiger partial charge is 0.244 e. The van der Waals surface area contributed by atoms with Gasteiger partial charge in [-0.05, 0) is 57.0 Å². The molecule has 2 aromatic rings. The highest BCUT2D eigenvalue weighted by Gasteiger charge is 2.33. The Hall–Kier alpha value is -3.47. The molecule has 10 nitrogen and oxygen atoms in total. The predicted molar refractivity (Wildman–Crippen MR) is 147 cm³/mol. The third kappa shape index (κ3) is 8.27. The Bertz CT molecular complexity index is 1210. The number of nitrogens with one attached hydrogen (secondary N) is 1. The van der Waals surface area contributed by atoms with Crippen LogP contribution in [0, 0.1) is 0 Å². The normalized spacial score (nSPS) is 12.3. The predicted octanol–water partition coefficient (Wildman–Crippen LogP) is 3.20. The van der Waals surface area contributed by atoms with E-state index in [0.29, 0.717) is 23.7 Å².